The summed E-state index contributed by atoms with van der Waals surface area (Å²) < 4.78 is 40.1. The van der Waals surface area contributed by atoms with Crippen molar-refractivity contribution < 1.29 is 13.2 Å². The molecule has 0 bridgehead atoms. The minimum Gasteiger partial charge on any atom is -0.369 e. The SMILES string of the molecule is Cn1ncnc1CN1CCN(c2cccc(C(F)(F)F)c2)CC1. The van der Waals surface area contributed by atoms with E-state index in [9.17, 15) is 13.2 Å². The van der Waals surface area contributed by atoms with Gasteiger partial charge in [-0.25, -0.2) is 4.98 Å². The van der Waals surface area contributed by atoms with Crippen LogP contribution in [0.2, 0.25) is 0 Å². The summed E-state index contributed by atoms with van der Waals surface area (Å²) in [5.74, 6) is 0.887. The lowest BCUT2D eigenvalue weighted by Gasteiger charge is -2.36. The van der Waals surface area contributed by atoms with Gasteiger partial charge in [0, 0.05) is 38.9 Å². The molecule has 0 unspecified atom stereocenters. The number of benzene rings is 1. The Kier molecular flexibility index (Phi) is 4.25. The molecule has 0 N–H and O–H groups in total. The standard InChI is InChI=1S/C15H18F3N5/c1-21-14(19-11-20-21)10-22-5-7-23(8-6-22)13-4-2-3-12(9-13)15(16,17)18/h2-4,9,11H,5-8,10H2,1H3. The highest BCUT2D eigenvalue weighted by Crippen LogP contribution is 2.31. The molecule has 1 aliphatic heterocycles. The van der Waals surface area contributed by atoms with Crippen molar-refractivity contribution in [3.05, 3.63) is 42.0 Å². The maximum absolute atomic E-state index is 12.8. The van der Waals surface area contributed by atoms with Crippen LogP contribution in [0.5, 0.6) is 0 Å². The van der Waals surface area contributed by atoms with Crippen LogP contribution in [-0.2, 0) is 19.8 Å². The molecule has 5 nitrogen and oxygen atoms in total. The largest absolute Gasteiger partial charge is 0.416 e. The maximum atomic E-state index is 12.8. The molecule has 1 saturated heterocycles. The van der Waals surface area contributed by atoms with E-state index in [1.54, 1.807) is 10.7 Å². The van der Waals surface area contributed by atoms with E-state index in [1.807, 2.05) is 11.9 Å². The Bertz CT molecular complexity index is 659. The van der Waals surface area contributed by atoms with Crippen LogP contribution in [0, 0.1) is 0 Å². The van der Waals surface area contributed by atoms with Crippen molar-refractivity contribution >= 4 is 5.69 Å². The Morgan fingerprint density at radius 3 is 2.48 bits per heavy atom. The Hall–Kier alpha value is -2.09. The third kappa shape index (κ3) is 3.64. The van der Waals surface area contributed by atoms with Crippen molar-refractivity contribution in [3.8, 4) is 0 Å². The summed E-state index contributed by atoms with van der Waals surface area (Å²) in [4.78, 5) is 8.42. The van der Waals surface area contributed by atoms with Gasteiger partial charge in [-0.3, -0.25) is 9.58 Å². The van der Waals surface area contributed by atoms with E-state index < -0.39 is 11.7 Å². The summed E-state index contributed by atoms with van der Waals surface area (Å²) in [6, 6.07) is 5.52. The van der Waals surface area contributed by atoms with E-state index in [2.05, 4.69) is 15.0 Å². The summed E-state index contributed by atoms with van der Waals surface area (Å²) in [7, 11) is 1.85. The van der Waals surface area contributed by atoms with Crippen molar-refractivity contribution in [2.24, 2.45) is 7.05 Å². The number of anilines is 1. The van der Waals surface area contributed by atoms with Crippen molar-refractivity contribution in [3.63, 3.8) is 0 Å². The molecule has 2 aromatic rings. The second kappa shape index (κ2) is 6.19. The van der Waals surface area contributed by atoms with Gasteiger partial charge in [-0.15, -0.1) is 0 Å². The van der Waals surface area contributed by atoms with Gasteiger partial charge in [0.25, 0.3) is 0 Å². The quantitative estimate of drug-likeness (QED) is 0.867. The summed E-state index contributed by atoms with van der Waals surface area (Å²) in [6.45, 7) is 3.65. The first kappa shape index (κ1) is 15.8. The first-order valence-electron chi connectivity index (χ1n) is 7.41. The number of piperazine rings is 1. The number of halogens is 3. The fourth-order valence-corrected chi connectivity index (χ4v) is 2.71. The summed E-state index contributed by atoms with van der Waals surface area (Å²) >= 11 is 0. The Morgan fingerprint density at radius 2 is 1.87 bits per heavy atom. The Labute approximate surface area is 132 Å². The molecule has 0 spiro atoms. The molecule has 1 aromatic carbocycles. The van der Waals surface area contributed by atoms with Crippen LogP contribution >= 0.6 is 0 Å². The average Bonchev–Trinajstić information content (AvgIpc) is 2.92. The van der Waals surface area contributed by atoms with E-state index in [0.29, 0.717) is 25.3 Å². The summed E-state index contributed by atoms with van der Waals surface area (Å²) in [6.07, 6.45) is -2.78. The van der Waals surface area contributed by atoms with Crippen molar-refractivity contribution in [2.75, 3.05) is 31.1 Å². The van der Waals surface area contributed by atoms with Crippen LogP contribution in [0.25, 0.3) is 0 Å². The van der Waals surface area contributed by atoms with Crippen LogP contribution in [0.3, 0.4) is 0 Å². The van der Waals surface area contributed by atoms with Crippen LogP contribution in [0.15, 0.2) is 30.6 Å². The highest BCUT2D eigenvalue weighted by Gasteiger charge is 2.31. The van der Waals surface area contributed by atoms with E-state index in [-0.39, 0.29) is 0 Å². The van der Waals surface area contributed by atoms with Gasteiger partial charge in [-0.2, -0.15) is 18.3 Å². The van der Waals surface area contributed by atoms with Crippen molar-refractivity contribution in [1.29, 1.82) is 0 Å². The Balaban J connectivity index is 1.62. The Morgan fingerprint density at radius 1 is 1.13 bits per heavy atom. The molecule has 1 fully saturated rings. The molecule has 2 heterocycles. The molecule has 8 heteroatoms. The van der Waals surface area contributed by atoms with E-state index in [0.717, 1.165) is 25.0 Å². The van der Waals surface area contributed by atoms with Gasteiger partial charge >= 0.3 is 6.18 Å². The van der Waals surface area contributed by atoms with Gasteiger partial charge in [-0.05, 0) is 18.2 Å². The van der Waals surface area contributed by atoms with E-state index in [4.69, 9.17) is 0 Å². The van der Waals surface area contributed by atoms with Crippen molar-refractivity contribution in [2.45, 2.75) is 12.7 Å². The first-order chi connectivity index (χ1) is 10.9. The molecule has 0 radical (unpaired) electrons. The number of alkyl halides is 3. The van der Waals surface area contributed by atoms with Gasteiger partial charge < -0.3 is 4.90 Å². The minimum atomic E-state index is -4.30. The predicted octanol–water partition coefficient (Wildman–Crippen LogP) is 2.16. The van der Waals surface area contributed by atoms with E-state index in [1.165, 1.54) is 18.5 Å². The second-order valence-corrected chi connectivity index (χ2v) is 5.61. The predicted molar refractivity (Wildman–Crippen MR) is 79.9 cm³/mol. The fourth-order valence-electron chi connectivity index (χ4n) is 2.71. The molecule has 1 aromatic heterocycles. The molecule has 1 aliphatic rings. The third-order valence-electron chi connectivity index (χ3n) is 4.08. The first-order valence-corrected chi connectivity index (χ1v) is 7.41. The van der Waals surface area contributed by atoms with E-state index >= 15 is 0 Å². The monoisotopic (exact) mass is 325 g/mol. The van der Waals surface area contributed by atoms with Crippen LogP contribution in [-0.4, -0.2) is 45.8 Å². The molecular weight excluding hydrogens is 307 g/mol. The highest BCUT2D eigenvalue weighted by atomic mass is 19.4. The summed E-state index contributed by atoms with van der Waals surface area (Å²) in [5.41, 5.74) is 0.0228. The number of rotatable bonds is 3. The zero-order chi connectivity index (χ0) is 16.4. The molecule has 3 rings (SSSR count). The topological polar surface area (TPSA) is 37.2 Å². The van der Waals surface area contributed by atoms with Gasteiger partial charge in [-0.1, -0.05) is 6.07 Å². The number of aromatic nitrogens is 3. The molecule has 0 saturated carbocycles. The molecule has 23 heavy (non-hydrogen) atoms. The summed E-state index contributed by atoms with van der Waals surface area (Å²) in [5, 5.41) is 4.04. The van der Waals surface area contributed by atoms with Crippen LogP contribution < -0.4 is 4.90 Å². The second-order valence-electron chi connectivity index (χ2n) is 5.61. The molecular formula is C15H18F3N5. The number of hydrogen-bond donors (Lipinski definition) is 0. The number of hydrogen-bond acceptors (Lipinski definition) is 4. The maximum Gasteiger partial charge on any atom is 0.416 e. The molecule has 0 atom stereocenters. The highest BCUT2D eigenvalue weighted by molar-refractivity contribution is 5.49. The van der Waals surface area contributed by atoms with Gasteiger partial charge in [0.15, 0.2) is 0 Å². The van der Waals surface area contributed by atoms with Crippen molar-refractivity contribution in [1.82, 2.24) is 19.7 Å². The third-order valence-corrected chi connectivity index (χ3v) is 4.08. The lowest BCUT2D eigenvalue weighted by molar-refractivity contribution is -0.137. The van der Waals surface area contributed by atoms with Gasteiger partial charge in [0.1, 0.15) is 12.2 Å². The van der Waals surface area contributed by atoms with Crippen LogP contribution in [0.1, 0.15) is 11.4 Å². The molecule has 0 aliphatic carbocycles. The van der Waals surface area contributed by atoms with Gasteiger partial charge in [0.05, 0.1) is 12.1 Å². The average molecular weight is 325 g/mol. The fraction of sp³-hybridized carbons (Fsp3) is 0.467. The zero-order valence-electron chi connectivity index (χ0n) is 12.8. The number of nitrogens with zero attached hydrogens (tertiary/aromatic N) is 5. The molecule has 0 amide bonds. The number of aryl methyl sites for hydroxylation is 1. The molecule has 124 valence electrons. The van der Waals surface area contributed by atoms with Crippen LogP contribution in [0.4, 0.5) is 18.9 Å². The minimum absolute atomic E-state index is 0.600. The lowest BCUT2D eigenvalue weighted by atomic mass is 10.1. The lowest BCUT2D eigenvalue weighted by Crippen LogP contribution is -2.46. The zero-order valence-corrected chi connectivity index (χ0v) is 12.8. The smallest absolute Gasteiger partial charge is 0.369 e. The van der Waals surface area contributed by atoms with Gasteiger partial charge in [0.2, 0.25) is 0 Å². The normalized spacial score (nSPS) is 16.8.